The van der Waals surface area contributed by atoms with Gasteiger partial charge in [0.15, 0.2) is 9.84 Å². The van der Waals surface area contributed by atoms with Crippen molar-refractivity contribution < 1.29 is 18.0 Å². The van der Waals surface area contributed by atoms with Crippen LogP contribution in [0.4, 0.5) is 0 Å². The Labute approximate surface area is 189 Å². The van der Waals surface area contributed by atoms with Crippen LogP contribution in [0.1, 0.15) is 47.6 Å². The van der Waals surface area contributed by atoms with E-state index >= 15 is 0 Å². The molecule has 1 saturated heterocycles. The van der Waals surface area contributed by atoms with Crippen LogP contribution in [0.2, 0.25) is 0 Å². The molecule has 1 aromatic rings. The maximum absolute atomic E-state index is 12.8. The SMILES string of the molecule is CCN(CC)CCNC(=O)c1c(C)[nH]c(/C=C2\C(=O)NC3=CCC(S(C)(=O)=O)C=C32)c1C. The summed E-state index contributed by atoms with van der Waals surface area (Å²) < 4.78 is 24.0. The second kappa shape index (κ2) is 9.46. The molecule has 3 rings (SSSR count). The summed E-state index contributed by atoms with van der Waals surface area (Å²) >= 11 is 0. The third-order valence-corrected chi connectivity index (χ3v) is 7.56. The number of nitrogens with one attached hydrogen (secondary N) is 3. The van der Waals surface area contributed by atoms with Crippen molar-refractivity contribution in [3.63, 3.8) is 0 Å². The van der Waals surface area contributed by atoms with Gasteiger partial charge in [-0.15, -0.1) is 0 Å². The third-order valence-electron chi connectivity index (χ3n) is 6.13. The number of fused-ring (bicyclic) bond motifs is 1. The van der Waals surface area contributed by atoms with Crippen LogP contribution in [-0.4, -0.2) is 67.8 Å². The minimum absolute atomic E-state index is 0.154. The van der Waals surface area contributed by atoms with Crippen LogP contribution >= 0.6 is 0 Å². The van der Waals surface area contributed by atoms with Gasteiger partial charge in [-0.05, 0) is 45.0 Å². The summed E-state index contributed by atoms with van der Waals surface area (Å²) in [7, 11) is -3.27. The third kappa shape index (κ3) is 4.88. The van der Waals surface area contributed by atoms with Crippen molar-refractivity contribution in [2.45, 2.75) is 39.4 Å². The predicted molar refractivity (Wildman–Crippen MR) is 126 cm³/mol. The number of carbonyl (C=O) groups excluding carboxylic acids is 2. The highest BCUT2D eigenvalue weighted by atomic mass is 32.2. The van der Waals surface area contributed by atoms with Crippen molar-refractivity contribution >= 4 is 27.7 Å². The highest BCUT2D eigenvalue weighted by Crippen LogP contribution is 2.33. The average molecular weight is 461 g/mol. The van der Waals surface area contributed by atoms with E-state index in [1.54, 1.807) is 18.2 Å². The molecule has 0 saturated carbocycles. The molecule has 174 valence electrons. The van der Waals surface area contributed by atoms with Crippen LogP contribution in [0.15, 0.2) is 29.0 Å². The number of hydrogen-bond acceptors (Lipinski definition) is 5. The van der Waals surface area contributed by atoms with Crippen LogP contribution in [-0.2, 0) is 14.6 Å². The quantitative estimate of drug-likeness (QED) is 0.513. The zero-order valence-electron chi connectivity index (χ0n) is 19.3. The minimum Gasteiger partial charge on any atom is -0.358 e. The van der Waals surface area contributed by atoms with E-state index in [-0.39, 0.29) is 11.8 Å². The highest BCUT2D eigenvalue weighted by molar-refractivity contribution is 7.91. The molecule has 2 heterocycles. The molecule has 8 nitrogen and oxygen atoms in total. The summed E-state index contributed by atoms with van der Waals surface area (Å²) in [6, 6.07) is 0. The molecule has 9 heteroatoms. The number of hydrogen-bond donors (Lipinski definition) is 3. The maximum atomic E-state index is 12.8. The number of rotatable bonds is 8. The normalized spacial score (nSPS) is 19.6. The van der Waals surface area contributed by atoms with Crippen molar-refractivity contribution in [1.82, 2.24) is 20.5 Å². The fourth-order valence-electron chi connectivity index (χ4n) is 4.15. The maximum Gasteiger partial charge on any atom is 0.256 e. The van der Waals surface area contributed by atoms with Gasteiger partial charge in [-0.25, -0.2) is 8.42 Å². The Bertz CT molecular complexity index is 1120. The average Bonchev–Trinajstić information content (AvgIpc) is 3.19. The first-order valence-corrected chi connectivity index (χ1v) is 12.9. The predicted octanol–water partition coefficient (Wildman–Crippen LogP) is 1.84. The zero-order valence-corrected chi connectivity index (χ0v) is 20.1. The van der Waals surface area contributed by atoms with Gasteiger partial charge < -0.3 is 20.5 Å². The lowest BCUT2D eigenvalue weighted by Gasteiger charge is -2.18. The van der Waals surface area contributed by atoms with Gasteiger partial charge in [0, 0.05) is 42.0 Å². The second-order valence-electron chi connectivity index (χ2n) is 8.26. The molecule has 32 heavy (non-hydrogen) atoms. The van der Waals surface area contributed by atoms with E-state index in [1.807, 2.05) is 13.8 Å². The molecule has 0 radical (unpaired) electrons. The molecule has 0 spiro atoms. The number of likely N-dealkylation sites (N-methyl/N-ethyl adjacent to an activating group) is 1. The van der Waals surface area contributed by atoms with Crippen molar-refractivity contribution in [2.75, 3.05) is 32.4 Å². The molecule has 1 atom stereocenters. The number of aryl methyl sites for hydroxylation is 1. The lowest BCUT2D eigenvalue weighted by Crippen LogP contribution is -2.35. The number of carbonyl (C=O) groups is 2. The Morgan fingerprint density at radius 3 is 2.59 bits per heavy atom. The topological polar surface area (TPSA) is 111 Å². The Morgan fingerprint density at radius 2 is 1.97 bits per heavy atom. The monoisotopic (exact) mass is 460 g/mol. The van der Waals surface area contributed by atoms with E-state index in [0.717, 1.165) is 30.9 Å². The Hall–Kier alpha value is -2.65. The van der Waals surface area contributed by atoms with Gasteiger partial charge in [-0.1, -0.05) is 26.0 Å². The molecule has 1 aliphatic carbocycles. The molecule has 1 fully saturated rings. The number of nitrogens with zero attached hydrogens (tertiary/aromatic N) is 1. The van der Waals surface area contributed by atoms with Crippen molar-refractivity contribution in [3.05, 3.63) is 51.5 Å². The molecular formula is C23H32N4O4S. The number of amides is 2. The minimum atomic E-state index is -3.27. The molecule has 1 unspecified atom stereocenters. The number of aromatic nitrogens is 1. The van der Waals surface area contributed by atoms with Gasteiger partial charge >= 0.3 is 0 Å². The summed E-state index contributed by atoms with van der Waals surface area (Å²) in [5.74, 6) is -0.438. The largest absolute Gasteiger partial charge is 0.358 e. The van der Waals surface area contributed by atoms with Gasteiger partial charge in [0.05, 0.1) is 16.4 Å². The van der Waals surface area contributed by atoms with E-state index in [2.05, 4.69) is 34.4 Å². The smallest absolute Gasteiger partial charge is 0.256 e. The van der Waals surface area contributed by atoms with Gasteiger partial charge in [-0.2, -0.15) is 0 Å². The molecule has 2 amide bonds. The van der Waals surface area contributed by atoms with Gasteiger partial charge in [0.2, 0.25) is 0 Å². The van der Waals surface area contributed by atoms with E-state index in [9.17, 15) is 18.0 Å². The summed E-state index contributed by atoms with van der Waals surface area (Å²) in [4.78, 5) is 30.8. The summed E-state index contributed by atoms with van der Waals surface area (Å²) in [6.07, 6.45) is 6.62. The number of sulfone groups is 1. The van der Waals surface area contributed by atoms with Gasteiger partial charge in [0.25, 0.3) is 11.8 Å². The molecule has 0 bridgehead atoms. The Kier molecular flexibility index (Phi) is 7.09. The lowest BCUT2D eigenvalue weighted by atomic mass is 9.98. The Balaban J connectivity index is 1.86. The van der Waals surface area contributed by atoms with Crippen LogP contribution in [0.5, 0.6) is 0 Å². The molecule has 1 aliphatic heterocycles. The first kappa shape index (κ1) is 24.0. The molecule has 1 aromatic heterocycles. The molecule has 3 N–H and O–H groups in total. The highest BCUT2D eigenvalue weighted by Gasteiger charge is 2.33. The molecule has 2 aliphatic rings. The Morgan fingerprint density at radius 1 is 1.28 bits per heavy atom. The van der Waals surface area contributed by atoms with Crippen LogP contribution < -0.4 is 10.6 Å². The first-order chi connectivity index (χ1) is 15.1. The molecule has 0 aromatic carbocycles. The summed E-state index contributed by atoms with van der Waals surface area (Å²) in [5, 5.41) is 5.12. The summed E-state index contributed by atoms with van der Waals surface area (Å²) in [6.45, 7) is 11.0. The van der Waals surface area contributed by atoms with Crippen molar-refractivity contribution in [1.29, 1.82) is 0 Å². The van der Waals surface area contributed by atoms with E-state index < -0.39 is 15.1 Å². The van der Waals surface area contributed by atoms with Gasteiger partial charge in [-0.3, -0.25) is 9.59 Å². The zero-order chi connectivity index (χ0) is 23.6. The van der Waals surface area contributed by atoms with Crippen LogP contribution in [0.3, 0.4) is 0 Å². The van der Waals surface area contributed by atoms with Gasteiger partial charge in [0.1, 0.15) is 0 Å². The van der Waals surface area contributed by atoms with Crippen molar-refractivity contribution in [2.24, 2.45) is 0 Å². The number of H-pyrrole nitrogens is 1. The van der Waals surface area contributed by atoms with E-state index in [0.29, 0.717) is 41.1 Å². The lowest BCUT2D eigenvalue weighted by molar-refractivity contribution is -0.115. The standard InChI is InChI=1S/C23H32N4O4S/c1-6-27(7-2)11-10-24-23(29)21-14(3)20(25-15(21)4)13-18-17-12-16(32(5,30)31)8-9-19(17)26-22(18)28/h9,12-13,16,25H,6-8,10-11H2,1-5H3,(H,24,29)(H,26,28)/b18-13-. The fourth-order valence-corrected chi connectivity index (χ4v) is 4.98. The van der Waals surface area contributed by atoms with E-state index in [4.69, 9.17) is 0 Å². The fraction of sp³-hybridized carbons (Fsp3) is 0.478. The van der Waals surface area contributed by atoms with E-state index in [1.165, 1.54) is 6.26 Å². The van der Waals surface area contributed by atoms with Crippen molar-refractivity contribution in [3.8, 4) is 0 Å². The number of allylic oxidation sites excluding steroid dienone is 2. The van der Waals surface area contributed by atoms with Crippen LogP contribution in [0.25, 0.3) is 6.08 Å². The summed E-state index contributed by atoms with van der Waals surface area (Å²) in [5.41, 5.74) is 4.31. The number of aromatic amines is 1. The second-order valence-corrected chi connectivity index (χ2v) is 10.5. The molecular weight excluding hydrogens is 428 g/mol. The first-order valence-electron chi connectivity index (χ1n) is 10.9. The van der Waals surface area contributed by atoms with Crippen LogP contribution in [0, 0.1) is 13.8 Å².